The van der Waals surface area contributed by atoms with E-state index in [1.165, 1.54) is 4.90 Å². The quantitative estimate of drug-likeness (QED) is 0.531. The van der Waals surface area contributed by atoms with Crippen molar-refractivity contribution in [1.29, 1.82) is 0 Å². The molecule has 1 aromatic rings. The van der Waals surface area contributed by atoms with Gasteiger partial charge in [0.25, 0.3) is 11.8 Å². The van der Waals surface area contributed by atoms with Gasteiger partial charge in [0.2, 0.25) is 0 Å². The van der Waals surface area contributed by atoms with Crippen LogP contribution in [0.15, 0.2) is 42.5 Å². The van der Waals surface area contributed by atoms with Gasteiger partial charge in [0.15, 0.2) is 0 Å². The minimum Gasteiger partial charge on any atom is -0.442 e. The van der Waals surface area contributed by atoms with Crippen LogP contribution >= 0.6 is 0 Å². The number of hydrogen-bond acceptors (Lipinski definition) is 6. The number of carbonyl (C=O) groups is 4. The zero-order valence-electron chi connectivity index (χ0n) is 17.4. The van der Waals surface area contributed by atoms with Crippen molar-refractivity contribution in [3.05, 3.63) is 48.0 Å². The minimum absolute atomic E-state index is 0.0815. The molecular weight excluding hydrogens is 400 g/mol. The van der Waals surface area contributed by atoms with Crippen LogP contribution in [0.3, 0.4) is 0 Å². The summed E-state index contributed by atoms with van der Waals surface area (Å²) in [5.74, 6) is -1.56. The largest absolute Gasteiger partial charge is 0.442 e. The van der Waals surface area contributed by atoms with Gasteiger partial charge in [-0.1, -0.05) is 36.4 Å². The summed E-state index contributed by atoms with van der Waals surface area (Å²) >= 11 is 0. The molecule has 8 heteroatoms. The third kappa shape index (κ3) is 4.78. The molecule has 1 aromatic carbocycles. The van der Waals surface area contributed by atoms with Crippen molar-refractivity contribution < 1.29 is 28.8 Å². The van der Waals surface area contributed by atoms with Crippen LogP contribution in [0.2, 0.25) is 0 Å². The fourth-order valence-corrected chi connectivity index (χ4v) is 4.40. The maximum Gasteiger partial charge on any atom is 0.410 e. The first-order valence-corrected chi connectivity index (χ1v) is 10.6. The number of imide groups is 1. The molecule has 1 saturated heterocycles. The van der Waals surface area contributed by atoms with Crippen LogP contribution in [-0.4, -0.2) is 47.0 Å². The molecule has 3 amide bonds. The van der Waals surface area contributed by atoms with Gasteiger partial charge in [-0.15, -0.1) is 5.06 Å². The van der Waals surface area contributed by atoms with Crippen molar-refractivity contribution in [1.82, 2.24) is 9.96 Å². The molecule has 4 rings (SSSR count). The van der Waals surface area contributed by atoms with Crippen molar-refractivity contribution in [3.63, 3.8) is 0 Å². The fraction of sp³-hybridized carbons (Fsp3) is 0.478. The predicted molar refractivity (Wildman–Crippen MR) is 109 cm³/mol. The molecule has 0 radical (unpaired) electrons. The lowest BCUT2D eigenvalue weighted by Crippen LogP contribution is -2.33. The fourth-order valence-electron chi connectivity index (χ4n) is 4.40. The van der Waals surface area contributed by atoms with Gasteiger partial charge in [0.05, 0.1) is 5.92 Å². The molecule has 0 spiro atoms. The smallest absolute Gasteiger partial charge is 0.410 e. The molecule has 1 heterocycles. The summed E-state index contributed by atoms with van der Waals surface area (Å²) in [5, 5.41) is 0.609. The normalized spacial score (nSPS) is 28.2. The second-order valence-corrected chi connectivity index (χ2v) is 8.35. The number of ether oxygens (including phenoxy) is 1. The second-order valence-electron chi connectivity index (χ2n) is 8.35. The summed E-state index contributed by atoms with van der Waals surface area (Å²) < 4.78 is 5.65. The summed E-state index contributed by atoms with van der Waals surface area (Å²) in [6.45, 7) is 0.461. The van der Waals surface area contributed by atoms with Gasteiger partial charge < -0.3 is 14.5 Å². The molecule has 0 unspecified atom stereocenters. The zero-order chi connectivity index (χ0) is 22.0. The number of allylic oxidation sites excluding steroid dienone is 1. The predicted octanol–water partition coefficient (Wildman–Crippen LogP) is 2.83. The first-order valence-electron chi connectivity index (χ1n) is 10.6. The van der Waals surface area contributed by atoms with Crippen LogP contribution < -0.4 is 0 Å². The minimum atomic E-state index is -0.523. The highest BCUT2D eigenvalue weighted by Crippen LogP contribution is 2.53. The zero-order valence-corrected chi connectivity index (χ0v) is 17.4. The van der Waals surface area contributed by atoms with Crippen LogP contribution in [0, 0.1) is 17.8 Å². The molecule has 0 N–H and O–H groups in total. The van der Waals surface area contributed by atoms with E-state index in [9.17, 15) is 19.2 Å². The SMILES string of the molecule is CN(Cc1ccccc1)C(=O)O[C@H]1/C=C\C[C@@H]2[C@H](CC1)[C@@H]2C(=O)ON1C(=O)CCC1=O. The molecule has 31 heavy (non-hydrogen) atoms. The van der Waals surface area contributed by atoms with Crippen molar-refractivity contribution in [2.24, 2.45) is 17.8 Å². The van der Waals surface area contributed by atoms with Crippen molar-refractivity contribution in [2.75, 3.05) is 7.05 Å². The van der Waals surface area contributed by atoms with Crippen LogP contribution in [0.25, 0.3) is 0 Å². The lowest BCUT2D eigenvalue weighted by molar-refractivity contribution is -0.199. The Bertz CT molecular complexity index is 883. The van der Waals surface area contributed by atoms with E-state index in [1.807, 2.05) is 42.5 Å². The molecule has 2 aliphatic carbocycles. The average Bonchev–Trinajstić information content (AvgIpc) is 3.34. The molecule has 2 fully saturated rings. The van der Waals surface area contributed by atoms with Gasteiger partial charge in [0, 0.05) is 26.4 Å². The van der Waals surface area contributed by atoms with E-state index in [2.05, 4.69) is 0 Å². The Labute approximate surface area is 180 Å². The Kier molecular flexibility index (Phi) is 6.06. The van der Waals surface area contributed by atoms with Crippen LogP contribution in [0.4, 0.5) is 4.79 Å². The van der Waals surface area contributed by atoms with Gasteiger partial charge in [0.1, 0.15) is 6.10 Å². The molecular formula is C23H26N2O6. The lowest BCUT2D eigenvalue weighted by atomic mass is 10.0. The summed E-state index contributed by atoms with van der Waals surface area (Å²) in [6.07, 6.45) is 5.20. The summed E-state index contributed by atoms with van der Waals surface area (Å²) in [4.78, 5) is 54.9. The number of hydrogen-bond donors (Lipinski definition) is 0. The van der Waals surface area contributed by atoms with Crippen molar-refractivity contribution in [3.8, 4) is 0 Å². The van der Waals surface area contributed by atoms with Crippen molar-refractivity contribution in [2.45, 2.75) is 44.8 Å². The first kappa shape index (κ1) is 21.1. The highest BCUT2D eigenvalue weighted by atomic mass is 16.7. The molecule has 0 bridgehead atoms. The number of hydroxylamine groups is 2. The van der Waals surface area contributed by atoms with Gasteiger partial charge in [-0.3, -0.25) is 9.59 Å². The number of benzene rings is 1. The number of nitrogens with zero attached hydrogens (tertiary/aromatic N) is 2. The molecule has 1 aliphatic heterocycles. The molecule has 3 aliphatic rings. The maximum absolute atomic E-state index is 12.5. The third-order valence-electron chi connectivity index (χ3n) is 6.16. The Balaban J connectivity index is 1.27. The Morgan fingerprint density at radius 2 is 1.77 bits per heavy atom. The monoisotopic (exact) mass is 426 g/mol. The molecule has 8 nitrogen and oxygen atoms in total. The molecule has 164 valence electrons. The first-order chi connectivity index (χ1) is 14.9. The van der Waals surface area contributed by atoms with Gasteiger partial charge >= 0.3 is 12.1 Å². The van der Waals surface area contributed by atoms with E-state index < -0.39 is 23.9 Å². The third-order valence-corrected chi connectivity index (χ3v) is 6.16. The second kappa shape index (κ2) is 8.91. The topological polar surface area (TPSA) is 93.2 Å². The van der Waals surface area contributed by atoms with Crippen LogP contribution in [-0.2, 0) is 30.5 Å². The van der Waals surface area contributed by atoms with Crippen LogP contribution in [0.5, 0.6) is 0 Å². The molecule has 0 aromatic heterocycles. The van der Waals surface area contributed by atoms with Gasteiger partial charge in [-0.25, -0.2) is 9.59 Å². The van der Waals surface area contributed by atoms with Gasteiger partial charge in [-0.05, 0) is 42.7 Å². The van der Waals surface area contributed by atoms with Gasteiger partial charge in [-0.2, -0.15) is 0 Å². The van der Waals surface area contributed by atoms with E-state index in [-0.39, 0.29) is 36.7 Å². The Morgan fingerprint density at radius 3 is 2.48 bits per heavy atom. The van der Waals surface area contributed by atoms with Crippen LogP contribution in [0.1, 0.15) is 37.7 Å². The summed E-state index contributed by atoms with van der Waals surface area (Å²) in [5.41, 5.74) is 1.02. The Hall–Kier alpha value is -3.16. The highest BCUT2D eigenvalue weighted by Gasteiger charge is 2.56. The molecule has 1 saturated carbocycles. The summed E-state index contributed by atoms with van der Waals surface area (Å²) in [6, 6.07) is 9.69. The number of fused-ring (bicyclic) bond motifs is 1. The average molecular weight is 426 g/mol. The number of rotatable bonds is 5. The van der Waals surface area contributed by atoms with E-state index >= 15 is 0 Å². The lowest BCUT2D eigenvalue weighted by Gasteiger charge is -2.21. The maximum atomic E-state index is 12.5. The van der Waals surface area contributed by atoms with E-state index in [4.69, 9.17) is 9.57 Å². The van der Waals surface area contributed by atoms with Crippen molar-refractivity contribution >= 4 is 23.9 Å². The Morgan fingerprint density at radius 1 is 1.06 bits per heavy atom. The number of carbonyl (C=O) groups excluding carboxylic acids is 4. The van der Waals surface area contributed by atoms with E-state index in [0.717, 1.165) is 5.56 Å². The highest BCUT2D eigenvalue weighted by molar-refractivity contribution is 6.01. The molecule has 4 atom stereocenters. The van der Waals surface area contributed by atoms with E-state index in [0.29, 0.717) is 30.9 Å². The number of amides is 3. The summed E-state index contributed by atoms with van der Waals surface area (Å²) in [7, 11) is 1.70. The standard InChI is InChI=1S/C23H26N2O6/c1-24(14-15-6-3-2-4-7-15)23(29)30-16-8-5-9-17-18(11-10-16)21(17)22(28)31-25-19(26)12-13-20(25)27/h2-8,16-18,21H,9-14H2,1H3/b8-5-/t16-,17+,18-,21+/m0/s1. The van der Waals surface area contributed by atoms with E-state index in [1.54, 1.807) is 7.05 Å².